The molecule has 0 heterocycles. The molecule has 0 unspecified atom stereocenters. The number of nitrogens with zero attached hydrogens (tertiary/aromatic N) is 1. The molecule has 21 heavy (non-hydrogen) atoms. The van der Waals surface area contributed by atoms with E-state index in [0.717, 1.165) is 17.5 Å². The smallest absolute Gasteiger partial charge is 0.170 e. The molecule has 0 bridgehead atoms. The summed E-state index contributed by atoms with van der Waals surface area (Å²) < 4.78 is 5.46. The van der Waals surface area contributed by atoms with E-state index in [-0.39, 0.29) is 12.4 Å². The van der Waals surface area contributed by atoms with Gasteiger partial charge in [0.25, 0.3) is 0 Å². The van der Waals surface area contributed by atoms with Gasteiger partial charge in [-0.2, -0.15) is 5.26 Å². The van der Waals surface area contributed by atoms with Crippen LogP contribution in [0.2, 0.25) is 0 Å². The summed E-state index contributed by atoms with van der Waals surface area (Å²) in [5.74, 6) is 0.811. The van der Waals surface area contributed by atoms with Gasteiger partial charge in [0.15, 0.2) is 5.78 Å². The average molecular weight is 279 g/mol. The summed E-state index contributed by atoms with van der Waals surface area (Å²) in [6.45, 7) is 2.11. The maximum atomic E-state index is 11.4. The van der Waals surface area contributed by atoms with Crippen molar-refractivity contribution < 1.29 is 9.53 Å². The molecule has 0 saturated heterocycles. The van der Waals surface area contributed by atoms with E-state index in [9.17, 15) is 4.79 Å². The number of rotatable bonds is 6. The van der Waals surface area contributed by atoms with Crippen molar-refractivity contribution in [1.82, 2.24) is 0 Å². The SMILES string of the molecule is CCCC(=O)COc1ccc(-c2ccc(C#N)cc2)cc1. The zero-order valence-corrected chi connectivity index (χ0v) is 12.0. The highest BCUT2D eigenvalue weighted by Crippen LogP contribution is 2.22. The van der Waals surface area contributed by atoms with Gasteiger partial charge >= 0.3 is 0 Å². The Labute approximate surface area is 124 Å². The van der Waals surface area contributed by atoms with Crippen molar-refractivity contribution in [2.45, 2.75) is 19.8 Å². The Balaban J connectivity index is 2.01. The lowest BCUT2D eigenvalue weighted by atomic mass is 10.0. The highest BCUT2D eigenvalue weighted by molar-refractivity contribution is 5.79. The first-order chi connectivity index (χ1) is 10.2. The third-order valence-corrected chi connectivity index (χ3v) is 3.13. The van der Waals surface area contributed by atoms with Crippen molar-refractivity contribution in [3.05, 3.63) is 54.1 Å². The quantitative estimate of drug-likeness (QED) is 0.803. The third-order valence-electron chi connectivity index (χ3n) is 3.13. The summed E-state index contributed by atoms with van der Waals surface area (Å²) in [5, 5.41) is 8.78. The molecule has 0 fully saturated rings. The fourth-order valence-electron chi connectivity index (χ4n) is 2.00. The molecule has 0 aliphatic carbocycles. The van der Waals surface area contributed by atoms with Crippen LogP contribution in [0.3, 0.4) is 0 Å². The molecule has 0 aromatic heterocycles. The molecule has 0 aliphatic rings. The van der Waals surface area contributed by atoms with Gasteiger partial charge in [-0.3, -0.25) is 4.79 Å². The van der Waals surface area contributed by atoms with Crippen LogP contribution in [-0.4, -0.2) is 12.4 Å². The zero-order valence-electron chi connectivity index (χ0n) is 12.0. The summed E-state index contributed by atoms with van der Waals surface area (Å²) in [7, 11) is 0. The van der Waals surface area contributed by atoms with Gasteiger partial charge in [-0.05, 0) is 41.8 Å². The maximum absolute atomic E-state index is 11.4. The number of ketones is 1. The van der Waals surface area contributed by atoms with Crippen molar-refractivity contribution in [2.75, 3.05) is 6.61 Å². The van der Waals surface area contributed by atoms with E-state index in [2.05, 4.69) is 6.07 Å². The van der Waals surface area contributed by atoms with Crippen molar-refractivity contribution in [1.29, 1.82) is 5.26 Å². The molecule has 3 heteroatoms. The van der Waals surface area contributed by atoms with Crippen LogP contribution in [0.4, 0.5) is 0 Å². The zero-order chi connectivity index (χ0) is 15.1. The number of carbonyl (C=O) groups is 1. The van der Waals surface area contributed by atoms with Crippen LogP contribution < -0.4 is 4.74 Å². The summed E-state index contributed by atoms with van der Waals surface area (Å²) >= 11 is 0. The minimum absolute atomic E-state index is 0.119. The Morgan fingerprint density at radius 2 is 1.62 bits per heavy atom. The molecule has 0 saturated carbocycles. The number of nitriles is 1. The van der Waals surface area contributed by atoms with Crippen LogP contribution in [0.5, 0.6) is 5.75 Å². The van der Waals surface area contributed by atoms with Gasteiger partial charge in [0.2, 0.25) is 0 Å². The minimum Gasteiger partial charge on any atom is -0.486 e. The van der Waals surface area contributed by atoms with E-state index in [4.69, 9.17) is 10.00 Å². The van der Waals surface area contributed by atoms with Gasteiger partial charge in [-0.25, -0.2) is 0 Å². The number of ether oxygens (including phenoxy) is 1. The molecule has 2 aromatic carbocycles. The predicted molar refractivity (Wildman–Crippen MR) is 82.0 cm³/mol. The van der Waals surface area contributed by atoms with Crippen molar-refractivity contribution in [2.24, 2.45) is 0 Å². The Morgan fingerprint density at radius 1 is 1.05 bits per heavy atom. The molecule has 3 nitrogen and oxygen atoms in total. The third kappa shape index (κ3) is 4.19. The molecule has 0 N–H and O–H groups in total. The minimum atomic E-state index is 0.119. The average Bonchev–Trinajstić information content (AvgIpc) is 2.54. The van der Waals surface area contributed by atoms with E-state index in [1.807, 2.05) is 43.3 Å². The molecule has 2 rings (SSSR count). The van der Waals surface area contributed by atoms with Crippen LogP contribution in [0.15, 0.2) is 48.5 Å². The topological polar surface area (TPSA) is 50.1 Å². The Bertz CT molecular complexity index is 636. The number of hydrogen-bond donors (Lipinski definition) is 0. The first-order valence-corrected chi connectivity index (χ1v) is 6.98. The second kappa shape index (κ2) is 7.25. The number of benzene rings is 2. The lowest BCUT2D eigenvalue weighted by Crippen LogP contribution is -2.10. The highest BCUT2D eigenvalue weighted by atomic mass is 16.5. The Morgan fingerprint density at radius 3 is 2.14 bits per heavy atom. The molecule has 2 aromatic rings. The van der Waals surface area contributed by atoms with Crippen LogP contribution >= 0.6 is 0 Å². The van der Waals surface area contributed by atoms with E-state index >= 15 is 0 Å². The highest BCUT2D eigenvalue weighted by Gasteiger charge is 2.03. The van der Waals surface area contributed by atoms with Gasteiger partial charge in [0, 0.05) is 6.42 Å². The number of Topliss-reactive ketones (excluding diaryl/α,β-unsaturated/α-hetero) is 1. The summed E-state index contributed by atoms with van der Waals surface area (Å²) in [4.78, 5) is 11.4. The summed E-state index contributed by atoms with van der Waals surface area (Å²) in [6.07, 6.45) is 1.41. The lowest BCUT2D eigenvalue weighted by molar-refractivity contribution is -0.121. The monoisotopic (exact) mass is 279 g/mol. The molecular weight excluding hydrogens is 262 g/mol. The standard InChI is InChI=1S/C18H17NO2/c1-2-3-17(20)13-21-18-10-8-16(9-11-18)15-6-4-14(12-19)5-7-15/h4-11H,2-3,13H2,1H3. The van der Waals surface area contributed by atoms with Crippen molar-refractivity contribution in [3.63, 3.8) is 0 Å². The molecule has 0 spiro atoms. The summed E-state index contributed by atoms with van der Waals surface area (Å²) in [6, 6.07) is 17.1. The van der Waals surface area contributed by atoms with E-state index < -0.39 is 0 Å². The van der Waals surface area contributed by atoms with Crippen molar-refractivity contribution >= 4 is 5.78 Å². The van der Waals surface area contributed by atoms with Gasteiger partial charge in [0.1, 0.15) is 12.4 Å². The number of hydrogen-bond acceptors (Lipinski definition) is 3. The summed E-state index contributed by atoms with van der Waals surface area (Å²) in [5.41, 5.74) is 2.74. The molecule has 0 atom stereocenters. The number of carbonyl (C=O) groups excluding carboxylic acids is 1. The molecular formula is C18H17NO2. The second-order valence-corrected chi connectivity index (χ2v) is 4.79. The molecule has 0 aliphatic heterocycles. The van der Waals surface area contributed by atoms with E-state index in [1.165, 1.54) is 0 Å². The Hall–Kier alpha value is -2.60. The van der Waals surface area contributed by atoms with Crippen LogP contribution in [-0.2, 0) is 4.79 Å². The first kappa shape index (κ1) is 14.8. The Kier molecular flexibility index (Phi) is 5.11. The van der Waals surface area contributed by atoms with Gasteiger partial charge in [-0.1, -0.05) is 31.2 Å². The van der Waals surface area contributed by atoms with E-state index in [0.29, 0.717) is 17.7 Å². The van der Waals surface area contributed by atoms with Crippen LogP contribution in [0.25, 0.3) is 11.1 Å². The second-order valence-electron chi connectivity index (χ2n) is 4.79. The fraction of sp³-hybridized carbons (Fsp3) is 0.222. The molecule has 0 radical (unpaired) electrons. The molecule has 0 amide bonds. The largest absolute Gasteiger partial charge is 0.486 e. The van der Waals surface area contributed by atoms with Gasteiger partial charge in [0.05, 0.1) is 11.6 Å². The fourth-order valence-corrected chi connectivity index (χ4v) is 2.00. The van der Waals surface area contributed by atoms with Gasteiger partial charge in [-0.15, -0.1) is 0 Å². The van der Waals surface area contributed by atoms with E-state index in [1.54, 1.807) is 12.1 Å². The predicted octanol–water partition coefficient (Wildman–Crippen LogP) is 3.97. The normalized spacial score (nSPS) is 9.90. The van der Waals surface area contributed by atoms with Crippen LogP contribution in [0, 0.1) is 11.3 Å². The maximum Gasteiger partial charge on any atom is 0.170 e. The first-order valence-electron chi connectivity index (χ1n) is 6.98. The van der Waals surface area contributed by atoms with Crippen LogP contribution in [0.1, 0.15) is 25.3 Å². The van der Waals surface area contributed by atoms with Gasteiger partial charge < -0.3 is 4.74 Å². The lowest BCUT2D eigenvalue weighted by Gasteiger charge is -2.07. The van der Waals surface area contributed by atoms with Crippen molar-refractivity contribution in [3.8, 4) is 22.9 Å². The molecule has 106 valence electrons.